The van der Waals surface area contributed by atoms with Gasteiger partial charge >= 0.3 is 0 Å². The maximum Gasteiger partial charge on any atom is 0.0898 e. The molecule has 1 heterocycles. The molecule has 0 aromatic rings. The highest BCUT2D eigenvalue weighted by Gasteiger charge is 2.18. The van der Waals surface area contributed by atoms with Gasteiger partial charge in [-0.25, -0.2) is 0 Å². The normalized spacial score (nSPS) is 16.4. The molecule has 5 heteroatoms. The second-order valence-corrected chi connectivity index (χ2v) is 3.26. The molecule has 1 aliphatic rings. The Balaban J connectivity index is 2.49. The largest absolute Gasteiger partial charge is 0.396 e. The van der Waals surface area contributed by atoms with Crippen LogP contribution in [0.3, 0.4) is 0 Å². The summed E-state index contributed by atoms with van der Waals surface area (Å²) in [7, 11) is 0. The van der Waals surface area contributed by atoms with Gasteiger partial charge in [-0.3, -0.25) is 0 Å². The van der Waals surface area contributed by atoms with Crippen LogP contribution in [0.15, 0.2) is 11.9 Å². The van der Waals surface area contributed by atoms with Gasteiger partial charge in [-0.05, 0) is 0 Å². The third-order valence-electron chi connectivity index (χ3n) is 2.22. The van der Waals surface area contributed by atoms with Gasteiger partial charge in [0.1, 0.15) is 0 Å². The number of hydrogen-bond donors (Lipinski definition) is 3. The van der Waals surface area contributed by atoms with E-state index in [0.29, 0.717) is 26.2 Å². The summed E-state index contributed by atoms with van der Waals surface area (Å²) in [5, 5.41) is 26.4. The molecule has 0 aromatic heterocycles. The third-order valence-corrected chi connectivity index (χ3v) is 2.22. The van der Waals surface area contributed by atoms with Crippen LogP contribution in [0.4, 0.5) is 0 Å². The van der Waals surface area contributed by atoms with Crippen LogP contribution in [0, 0.1) is 0 Å². The maximum atomic E-state index is 8.83. The predicted molar refractivity (Wildman–Crippen MR) is 52.2 cm³/mol. The summed E-state index contributed by atoms with van der Waals surface area (Å²) in [5.74, 6) is 0. The van der Waals surface area contributed by atoms with Gasteiger partial charge in [-0.2, -0.15) is 0 Å². The van der Waals surface area contributed by atoms with E-state index in [2.05, 4.69) is 0 Å². The first kappa shape index (κ1) is 11.3. The standard InChI is InChI=1S/C9H18N2O3/c12-4-1-9-7-10(2-5-13)8-11(9)3-6-14/h7,12-14H,1-6,8H2. The van der Waals surface area contributed by atoms with Crippen molar-refractivity contribution in [3.05, 3.63) is 11.9 Å². The molecule has 0 fully saturated rings. The summed E-state index contributed by atoms with van der Waals surface area (Å²) in [5.41, 5.74) is 1.02. The van der Waals surface area contributed by atoms with Crippen molar-refractivity contribution in [2.75, 3.05) is 39.6 Å². The molecule has 0 aromatic carbocycles. The monoisotopic (exact) mass is 202 g/mol. The van der Waals surface area contributed by atoms with E-state index >= 15 is 0 Å². The summed E-state index contributed by atoms with van der Waals surface area (Å²) in [6.45, 7) is 2.20. The SMILES string of the molecule is OCCC1=CN(CCO)CN1CCO. The second-order valence-electron chi connectivity index (χ2n) is 3.26. The summed E-state index contributed by atoms with van der Waals surface area (Å²) in [4.78, 5) is 3.98. The summed E-state index contributed by atoms with van der Waals surface area (Å²) in [6.07, 6.45) is 2.53. The minimum atomic E-state index is 0.107. The van der Waals surface area contributed by atoms with Crippen molar-refractivity contribution in [3.8, 4) is 0 Å². The van der Waals surface area contributed by atoms with Crippen LogP contribution in [0.1, 0.15) is 6.42 Å². The number of nitrogens with zero attached hydrogens (tertiary/aromatic N) is 2. The van der Waals surface area contributed by atoms with Gasteiger partial charge in [0.15, 0.2) is 0 Å². The smallest absolute Gasteiger partial charge is 0.0898 e. The molecule has 0 atom stereocenters. The topological polar surface area (TPSA) is 67.2 Å². The van der Waals surface area contributed by atoms with E-state index in [1.54, 1.807) is 0 Å². The Hall–Kier alpha value is -0.780. The Morgan fingerprint density at radius 2 is 1.79 bits per heavy atom. The number of β-amino-alcohol motifs (C(OH)–C–C–N with tert-alkyl or cyclic N) is 2. The summed E-state index contributed by atoms with van der Waals surface area (Å²) < 4.78 is 0. The maximum absolute atomic E-state index is 8.83. The highest BCUT2D eigenvalue weighted by Crippen LogP contribution is 2.17. The average molecular weight is 202 g/mol. The first-order valence-corrected chi connectivity index (χ1v) is 4.84. The molecule has 0 radical (unpaired) electrons. The van der Waals surface area contributed by atoms with Crippen LogP contribution < -0.4 is 0 Å². The van der Waals surface area contributed by atoms with Crippen molar-refractivity contribution in [2.24, 2.45) is 0 Å². The molecule has 0 saturated carbocycles. The second kappa shape index (κ2) is 5.85. The molecule has 0 aliphatic carbocycles. The first-order chi connectivity index (χ1) is 6.81. The predicted octanol–water partition coefficient (Wildman–Crippen LogP) is -1.23. The summed E-state index contributed by atoms with van der Waals surface area (Å²) >= 11 is 0. The van der Waals surface area contributed by atoms with Crippen LogP contribution >= 0.6 is 0 Å². The Labute approximate surface area is 83.9 Å². The zero-order valence-electron chi connectivity index (χ0n) is 8.26. The molecule has 0 spiro atoms. The van der Waals surface area contributed by atoms with E-state index in [-0.39, 0.29) is 19.8 Å². The van der Waals surface area contributed by atoms with Crippen LogP contribution in [-0.4, -0.2) is 64.7 Å². The fourth-order valence-electron chi connectivity index (χ4n) is 1.58. The molecule has 0 amide bonds. The molecule has 1 aliphatic heterocycles. The number of hydrogen-bond acceptors (Lipinski definition) is 5. The summed E-state index contributed by atoms with van der Waals surface area (Å²) in [6, 6.07) is 0. The van der Waals surface area contributed by atoms with Gasteiger partial charge < -0.3 is 25.1 Å². The van der Waals surface area contributed by atoms with E-state index in [9.17, 15) is 0 Å². The molecule has 0 unspecified atom stereocenters. The van der Waals surface area contributed by atoms with Gasteiger partial charge in [-0.1, -0.05) is 0 Å². The lowest BCUT2D eigenvalue weighted by atomic mass is 10.3. The van der Waals surface area contributed by atoms with Crippen molar-refractivity contribution in [1.82, 2.24) is 9.80 Å². The number of aliphatic hydroxyl groups excluding tert-OH is 3. The van der Waals surface area contributed by atoms with Gasteiger partial charge in [0.25, 0.3) is 0 Å². The lowest BCUT2D eigenvalue weighted by molar-refractivity contribution is 0.172. The molecule has 5 nitrogen and oxygen atoms in total. The highest BCUT2D eigenvalue weighted by atomic mass is 16.3. The van der Waals surface area contributed by atoms with E-state index in [4.69, 9.17) is 15.3 Å². The van der Waals surface area contributed by atoms with Crippen LogP contribution in [0.2, 0.25) is 0 Å². The quantitative estimate of drug-likeness (QED) is 0.503. The minimum Gasteiger partial charge on any atom is -0.396 e. The Bertz CT molecular complexity index is 196. The van der Waals surface area contributed by atoms with Crippen LogP contribution in [0.25, 0.3) is 0 Å². The zero-order valence-corrected chi connectivity index (χ0v) is 8.26. The third kappa shape index (κ3) is 2.87. The highest BCUT2D eigenvalue weighted by molar-refractivity contribution is 5.06. The lowest BCUT2D eigenvalue weighted by Gasteiger charge is -2.22. The molecule has 0 bridgehead atoms. The first-order valence-electron chi connectivity index (χ1n) is 4.84. The number of rotatable bonds is 6. The lowest BCUT2D eigenvalue weighted by Crippen LogP contribution is -2.30. The van der Waals surface area contributed by atoms with Crippen molar-refractivity contribution < 1.29 is 15.3 Å². The molecule has 3 N–H and O–H groups in total. The zero-order chi connectivity index (χ0) is 10.4. The van der Waals surface area contributed by atoms with Gasteiger partial charge in [-0.15, -0.1) is 0 Å². The van der Waals surface area contributed by atoms with E-state index in [1.807, 2.05) is 16.0 Å². The Morgan fingerprint density at radius 1 is 1.07 bits per heavy atom. The van der Waals surface area contributed by atoms with Crippen molar-refractivity contribution >= 4 is 0 Å². The van der Waals surface area contributed by atoms with Gasteiger partial charge in [0.2, 0.25) is 0 Å². The van der Waals surface area contributed by atoms with Gasteiger partial charge in [0.05, 0.1) is 19.9 Å². The van der Waals surface area contributed by atoms with Crippen LogP contribution in [0.5, 0.6) is 0 Å². The molecule has 1 rings (SSSR count). The van der Waals surface area contributed by atoms with E-state index in [1.165, 1.54) is 0 Å². The Morgan fingerprint density at radius 3 is 2.36 bits per heavy atom. The van der Waals surface area contributed by atoms with Gasteiger partial charge in [0, 0.05) is 38.0 Å². The Kier molecular flexibility index (Phi) is 4.72. The van der Waals surface area contributed by atoms with E-state index in [0.717, 1.165) is 5.70 Å². The van der Waals surface area contributed by atoms with E-state index < -0.39 is 0 Å². The molecule has 82 valence electrons. The van der Waals surface area contributed by atoms with Crippen LogP contribution in [-0.2, 0) is 0 Å². The molecule has 14 heavy (non-hydrogen) atoms. The van der Waals surface area contributed by atoms with Crippen molar-refractivity contribution in [2.45, 2.75) is 6.42 Å². The fourth-order valence-corrected chi connectivity index (χ4v) is 1.58. The fraction of sp³-hybridized carbons (Fsp3) is 0.778. The molecular formula is C9H18N2O3. The van der Waals surface area contributed by atoms with Crippen molar-refractivity contribution in [1.29, 1.82) is 0 Å². The number of aliphatic hydroxyl groups is 3. The van der Waals surface area contributed by atoms with Crippen molar-refractivity contribution in [3.63, 3.8) is 0 Å². The minimum absolute atomic E-state index is 0.107. The average Bonchev–Trinajstić information content (AvgIpc) is 2.50. The molecule has 0 saturated heterocycles. The molecular weight excluding hydrogens is 184 g/mol.